The van der Waals surface area contributed by atoms with Crippen LogP contribution in [0.1, 0.15) is 41.6 Å². The number of nitrogens with zero attached hydrogens (tertiary/aromatic N) is 1. The van der Waals surface area contributed by atoms with Crippen molar-refractivity contribution in [1.82, 2.24) is 9.62 Å². The van der Waals surface area contributed by atoms with Crippen LogP contribution in [0, 0.1) is 0 Å². The van der Waals surface area contributed by atoms with E-state index in [4.69, 9.17) is 23.2 Å². The lowest BCUT2D eigenvalue weighted by Crippen LogP contribution is -2.32. The molecule has 0 aromatic heterocycles. The highest BCUT2D eigenvalue weighted by molar-refractivity contribution is 7.98. The zero-order chi connectivity index (χ0) is 22.3. The highest BCUT2D eigenvalue weighted by atomic mass is 35.5. The summed E-state index contributed by atoms with van der Waals surface area (Å²) < 4.78 is 27.6. The molecule has 0 aliphatic carbocycles. The molecule has 168 valence electrons. The van der Waals surface area contributed by atoms with Gasteiger partial charge in [-0.25, -0.2) is 8.42 Å². The second kappa shape index (κ2) is 11.6. The standard InChI is InChI=1S/C22H26Cl2N2O3S2/c23-20-8-4-3-7-17(20)16-30-14-11-25-22(27)19-15-18(9-10-21(19)24)31(28,29)26-12-5-1-2-6-13-26/h3-4,7-10,15H,1-2,5-6,11-14,16H2,(H,25,27). The third kappa shape index (κ3) is 6.62. The molecule has 0 radical (unpaired) electrons. The van der Waals surface area contributed by atoms with Crippen LogP contribution < -0.4 is 5.32 Å². The minimum absolute atomic E-state index is 0.108. The van der Waals surface area contributed by atoms with E-state index in [9.17, 15) is 13.2 Å². The van der Waals surface area contributed by atoms with E-state index in [1.54, 1.807) is 11.8 Å². The Balaban J connectivity index is 1.59. The molecule has 0 atom stereocenters. The molecule has 1 aliphatic rings. The van der Waals surface area contributed by atoms with Crippen molar-refractivity contribution in [3.63, 3.8) is 0 Å². The minimum atomic E-state index is -3.64. The monoisotopic (exact) mass is 500 g/mol. The Kier molecular flexibility index (Phi) is 9.10. The number of hydrogen-bond acceptors (Lipinski definition) is 4. The Hall–Kier alpha value is -1.25. The van der Waals surface area contributed by atoms with Gasteiger partial charge in [-0.15, -0.1) is 0 Å². The average Bonchev–Trinajstić information content (AvgIpc) is 3.05. The number of thioether (sulfide) groups is 1. The van der Waals surface area contributed by atoms with E-state index in [-0.39, 0.29) is 21.4 Å². The number of rotatable bonds is 8. The summed E-state index contributed by atoms with van der Waals surface area (Å²) in [4.78, 5) is 12.7. The van der Waals surface area contributed by atoms with Gasteiger partial charge in [-0.3, -0.25) is 4.79 Å². The molecule has 0 saturated carbocycles. The van der Waals surface area contributed by atoms with E-state index in [2.05, 4.69) is 5.32 Å². The molecule has 1 fully saturated rings. The summed E-state index contributed by atoms with van der Waals surface area (Å²) >= 11 is 14.0. The van der Waals surface area contributed by atoms with Crippen molar-refractivity contribution in [1.29, 1.82) is 0 Å². The Morgan fingerprint density at radius 2 is 1.71 bits per heavy atom. The van der Waals surface area contributed by atoms with E-state index in [0.717, 1.165) is 42.0 Å². The van der Waals surface area contributed by atoms with Crippen molar-refractivity contribution >= 4 is 50.9 Å². The molecule has 1 heterocycles. The van der Waals surface area contributed by atoms with E-state index in [1.807, 2.05) is 24.3 Å². The predicted molar refractivity (Wildman–Crippen MR) is 129 cm³/mol. The highest BCUT2D eigenvalue weighted by Gasteiger charge is 2.26. The first-order valence-corrected chi connectivity index (χ1v) is 13.6. The van der Waals surface area contributed by atoms with Crippen LogP contribution in [-0.4, -0.2) is 44.0 Å². The zero-order valence-electron chi connectivity index (χ0n) is 17.1. The van der Waals surface area contributed by atoms with Gasteiger partial charge in [0.25, 0.3) is 5.91 Å². The fourth-order valence-corrected chi connectivity index (χ4v) is 6.29. The van der Waals surface area contributed by atoms with Crippen LogP contribution in [0.15, 0.2) is 47.4 Å². The summed E-state index contributed by atoms with van der Waals surface area (Å²) in [7, 11) is -3.64. The summed E-state index contributed by atoms with van der Waals surface area (Å²) in [5.41, 5.74) is 1.23. The number of hydrogen-bond donors (Lipinski definition) is 1. The van der Waals surface area contributed by atoms with Gasteiger partial charge in [-0.1, -0.05) is 54.2 Å². The van der Waals surface area contributed by atoms with Crippen LogP contribution in [0.4, 0.5) is 0 Å². The van der Waals surface area contributed by atoms with Gasteiger partial charge in [-0.05, 0) is 42.7 Å². The summed E-state index contributed by atoms with van der Waals surface area (Å²) in [5, 5.41) is 3.79. The molecule has 5 nitrogen and oxygen atoms in total. The molecule has 9 heteroatoms. The Labute approximate surface area is 198 Å². The van der Waals surface area contributed by atoms with E-state index in [0.29, 0.717) is 25.4 Å². The molecule has 1 saturated heterocycles. The van der Waals surface area contributed by atoms with Crippen molar-refractivity contribution in [3.05, 3.63) is 63.6 Å². The number of amides is 1. The van der Waals surface area contributed by atoms with Gasteiger partial charge in [-0.2, -0.15) is 16.1 Å². The SMILES string of the molecule is O=C(NCCSCc1ccccc1Cl)c1cc(S(=O)(=O)N2CCCCCC2)ccc1Cl. The quantitative estimate of drug-likeness (QED) is 0.504. The predicted octanol–water partition coefficient (Wildman–Crippen LogP) is 5.22. The van der Waals surface area contributed by atoms with Crippen LogP contribution in [0.2, 0.25) is 10.0 Å². The lowest BCUT2D eigenvalue weighted by molar-refractivity contribution is 0.0956. The highest BCUT2D eigenvalue weighted by Crippen LogP contribution is 2.25. The molecular weight excluding hydrogens is 475 g/mol. The molecule has 0 spiro atoms. The minimum Gasteiger partial charge on any atom is -0.351 e. The first-order chi connectivity index (χ1) is 14.9. The normalized spacial score (nSPS) is 15.4. The zero-order valence-corrected chi connectivity index (χ0v) is 20.3. The lowest BCUT2D eigenvalue weighted by Gasteiger charge is -2.20. The largest absolute Gasteiger partial charge is 0.351 e. The molecule has 1 N–H and O–H groups in total. The van der Waals surface area contributed by atoms with Crippen molar-refractivity contribution < 1.29 is 13.2 Å². The van der Waals surface area contributed by atoms with Gasteiger partial charge in [0.1, 0.15) is 0 Å². The van der Waals surface area contributed by atoms with Gasteiger partial charge in [0.05, 0.1) is 15.5 Å². The van der Waals surface area contributed by atoms with Crippen LogP contribution in [0.25, 0.3) is 0 Å². The first kappa shape index (κ1) is 24.4. The smallest absolute Gasteiger partial charge is 0.252 e. The molecular formula is C22H26Cl2N2O3S2. The molecule has 31 heavy (non-hydrogen) atoms. The van der Waals surface area contributed by atoms with Gasteiger partial charge < -0.3 is 5.32 Å². The number of nitrogens with one attached hydrogen (secondary N) is 1. The molecule has 0 unspecified atom stereocenters. The van der Waals surface area contributed by atoms with Gasteiger partial charge in [0, 0.05) is 36.2 Å². The summed E-state index contributed by atoms with van der Waals surface area (Å²) in [6.07, 6.45) is 3.78. The first-order valence-electron chi connectivity index (χ1n) is 10.3. The number of carbonyl (C=O) groups is 1. The van der Waals surface area contributed by atoms with Gasteiger partial charge >= 0.3 is 0 Å². The van der Waals surface area contributed by atoms with Gasteiger partial charge in [0.15, 0.2) is 0 Å². The number of benzene rings is 2. The van der Waals surface area contributed by atoms with Crippen molar-refractivity contribution in [2.45, 2.75) is 36.3 Å². The van der Waals surface area contributed by atoms with Crippen LogP contribution in [0.5, 0.6) is 0 Å². The lowest BCUT2D eigenvalue weighted by atomic mass is 10.2. The average molecular weight is 502 g/mol. The molecule has 2 aromatic rings. The number of sulfonamides is 1. The molecule has 3 rings (SSSR count). The number of carbonyl (C=O) groups excluding carboxylic acids is 1. The summed E-state index contributed by atoms with van der Waals surface area (Å²) in [6.45, 7) is 1.46. The maximum atomic E-state index is 13.0. The Morgan fingerprint density at radius 3 is 2.42 bits per heavy atom. The molecule has 1 aliphatic heterocycles. The Morgan fingerprint density at radius 1 is 1.00 bits per heavy atom. The van der Waals surface area contributed by atoms with Crippen molar-refractivity contribution in [2.24, 2.45) is 0 Å². The third-order valence-corrected chi connectivity index (χ3v) is 8.73. The maximum Gasteiger partial charge on any atom is 0.252 e. The van der Waals surface area contributed by atoms with Crippen molar-refractivity contribution in [2.75, 3.05) is 25.4 Å². The van der Waals surface area contributed by atoms with Crippen LogP contribution in [0.3, 0.4) is 0 Å². The maximum absolute atomic E-state index is 13.0. The number of halogens is 2. The second-order valence-electron chi connectivity index (χ2n) is 7.36. The van der Waals surface area contributed by atoms with Crippen LogP contribution >= 0.6 is 35.0 Å². The van der Waals surface area contributed by atoms with E-state index < -0.39 is 10.0 Å². The topological polar surface area (TPSA) is 66.5 Å². The molecule has 2 aromatic carbocycles. The summed E-state index contributed by atoms with van der Waals surface area (Å²) in [6, 6.07) is 12.0. The van der Waals surface area contributed by atoms with E-state index in [1.165, 1.54) is 22.5 Å². The molecule has 1 amide bonds. The van der Waals surface area contributed by atoms with E-state index >= 15 is 0 Å². The fourth-order valence-electron chi connectivity index (χ4n) is 3.40. The molecule has 0 bridgehead atoms. The van der Waals surface area contributed by atoms with Crippen LogP contribution in [-0.2, 0) is 15.8 Å². The third-order valence-electron chi connectivity index (χ3n) is 5.13. The second-order valence-corrected chi connectivity index (χ2v) is 11.2. The Bertz CT molecular complexity index is 1010. The van der Waals surface area contributed by atoms with Gasteiger partial charge in [0.2, 0.25) is 10.0 Å². The fraction of sp³-hybridized carbons (Fsp3) is 0.409. The van der Waals surface area contributed by atoms with Crippen molar-refractivity contribution in [3.8, 4) is 0 Å². The summed E-state index contributed by atoms with van der Waals surface area (Å²) in [5.74, 6) is 1.07.